The van der Waals surface area contributed by atoms with E-state index in [2.05, 4.69) is 246 Å². The van der Waals surface area contributed by atoms with Gasteiger partial charge < -0.3 is 9.88 Å². The molecule has 1 aliphatic heterocycles. The van der Waals surface area contributed by atoms with Gasteiger partial charge in [0.05, 0.1) is 16.4 Å². The molecule has 294 valence electrons. The largest absolute Gasteiger partial charge is 0.350 e. The summed E-state index contributed by atoms with van der Waals surface area (Å²) < 4.78 is 2.47. The third kappa shape index (κ3) is 5.76. The van der Waals surface area contributed by atoms with Gasteiger partial charge in [-0.2, -0.15) is 0 Å². The SMILES string of the molecule is c1ccc(-c2ccc3c(c2)c2cc4c(cc2n3-c2cccc(C3=NC(c5ccccc5)NC(c5ccccc5)N3)c2)C(c2ccccc2)(c2ccccc2)c2ccccc2-4)cc1. The van der Waals surface area contributed by atoms with Crippen LogP contribution in [-0.4, -0.2) is 10.4 Å². The van der Waals surface area contributed by atoms with Crippen molar-refractivity contribution in [3.05, 3.63) is 269 Å². The molecule has 62 heavy (non-hydrogen) atoms. The van der Waals surface area contributed by atoms with E-state index in [0.29, 0.717) is 0 Å². The number of benzene rings is 9. The zero-order valence-electron chi connectivity index (χ0n) is 34.0. The molecule has 2 unspecified atom stereocenters. The molecule has 2 heterocycles. The number of nitrogens with zero attached hydrogens (tertiary/aromatic N) is 2. The number of hydrogen-bond acceptors (Lipinski definition) is 3. The van der Waals surface area contributed by atoms with Gasteiger partial charge in [-0.1, -0.05) is 194 Å². The van der Waals surface area contributed by atoms with Crippen molar-refractivity contribution in [2.45, 2.75) is 17.7 Å². The average Bonchev–Trinajstić information content (AvgIpc) is 3.84. The van der Waals surface area contributed by atoms with Gasteiger partial charge in [0.1, 0.15) is 18.2 Å². The highest BCUT2D eigenvalue weighted by atomic mass is 15.3. The molecule has 4 nitrogen and oxygen atoms in total. The van der Waals surface area contributed by atoms with Crippen molar-refractivity contribution in [1.29, 1.82) is 0 Å². The molecule has 1 aromatic heterocycles. The lowest BCUT2D eigenvalue weighted by atomic mass is 9.67. The molecule has 0 saturated heterocycles. The lowest BCUT2D eigenvalue weighted by Crippen LogP contribution is -2.44. The van der Waals surface area contributed by atoms with Gasteiger partial charge in [-0.25, -0.2) is 4.99 Å². The number of hydrogen-bond donors (Lipinski definition) is 2. The third-order valence-corrected chi connectivity index (χ3v) is 12.9. The van der Waals surface area contributed by atoms with Gasteiger partial charge in [0.2, 0.25) is 0 Å². The van der Waals surface area contributed by atoms with Crippen molar-refractivity contribution in [3.8, 4) is 27.9 Å². The van der Waals surface area contributed by atoms with Gasteiger partial charge >= 0.3 is 0 Å². The predicted molar refractivity (Wildman–Crippen MR) is 255 cm³/mol. The van der Waals surface area contributed by atoms with E-state index in [9.17, 15) is 0 Å². The standard InChI is InChI=1S/C58H42N4/c1-6-19-39(20-7-1)42-33-34-53-49(36-42)50-37-48-47-31-16-17-32-51(47)58(44-26-12-4-13-27-44,45-28-14-5-15-29-45)52(48)38-54(50)62(53)46-30-18-25-43(35-46)57-60-55(40-21-8-2-9-22-40)59-56(61-57)41-23-10-3-11-24-41/h1-38,55-56,59H,(H,60,61). The molecule has 0 amide bonds. The Labute approximate surface area is 361 Å². The molecule has 12 rings (SSSR count). The maximum Gasteiger partial charge on any atom is 0.131 e. The highest BCUT2D eigenvalue weighted by Gasteiger charge is 2.46. The Balaban J connectivity index is 1.11. The zero-order valence-corrected chi connectivity index (χ0v) is 34.0. The summed E-state index contributed by atoms with van der Waals surface area (Å²) in [6, 6.07) is 83.8. The molecular formula is C58H42N4. The van der Waals surface area contributed by atoms with E-state index in [0.717, 1.165) is 39.2 Å². The first-order valence-corrected chi connectivity index (χ1v) is 21.4. The molecule has 2 atom stereocenters. The molecule has 2 N–H and O–H groups in total. The predicted octanol–water partition coefficient (Wildman–Crippen LogP) is 13.2. The molecule has 0 bridgehead atoms. The fourth-order valence-electron chi connectivity index (χ4n) is 10.2. The monoisotopic (exact) mass is 794 g/mol. The maximum atomic E-state index is 5.33. The molecule has 0 spiro atoms. The van der Waals surface area contributed by atoms with Crippen LogP contribution in [-0.2, 0) is 5.41 Å². The van der Waals surface area contributed by atoms with E-state index in [-0.39, 0.29) is 12.3 Å². The Bertz CT molecular complexity index is 3240. The number of amidine groups is 1. The van der Waals surface area contributed by atoms with Crippen molar-refractivity contribution in [3.63, 3.8) is 0 Å². The summed E-state index contributed by atoms with van der Waals surface area (Å²) in [5.41, 5.74) is 16.2. The van der Waals surface area contributed by atoms with Crippen molar-refractivity contribution < 1.29 is 0 Å². The van der Waals surface area contributed by atoms with Gasteiger partial charge in [-0.15, -0.1) is 0 Å². The molecule has 9 aromatic carbocycles. The quantitative estimate of drug-likeness (QED) is 0.169. The summed E-state index contributed by atoms with van der Waals surface area (Å²) in [7, 11) is 0. The smallest absolute Gasteiger partial charge is 0.131 e. The second-order valence-corrected chi connectivity index (χ2v) is 16.4. The van der Waals surface area contributed by atoms with E-state index in [1.165, 1.54) is 55.3 Å². The second kappa shape index (κ2) is 14.7. The molecular weight excluding hydrogens is 753 g/mol. The summed E-state index contributed by atoms with van der Waals surface area (Å²) in [5.74, 6) is 0.851. The third-order valence-electron chi connectivity index (χ3n) is 12.9. The molecule has 0 fully saturated rings. The number of rotatable bonds is 7. The maximum absolute atomic E-state index is 5.33. The average molecular weight is 795 g/mol. The van der Waals surface area contributed by atoms with Crippen LogP contribution >= 0.6 is 0 Å². The summed E-state index contributed by atoms with van der Waals surface area (Å²) in [6.45, 7) is 0. The van der Waals surface area contributed by atoms with Crippen LogP contribution in [0.3, 0.4) is 0 Å². The van der Waals surface area contributed by atoms with Crippen LogP contribution in [0.4, 0.5) is 0 Å². The highest BCUT2D eigenvalue weighted by Crippen LogP contribution is 2.57. The van der Waals surface area contributed by atoms with Crippen molar-refractivity contribution in [1.82, 2.24) is 15.2 Å². The molecule has 10 aromatic rings. The first-order chi connectivity index (χ1) is 30.7. The normalized spacial score (nSPS) is 16.4. The number of aromatic nitrogens is 1. The molecule has 4 heteroatoms. The first kappa shape index (κ1) is 36.1. The number of aliphatic imine (C=N–C) groups is 1. The van der Waals surface area contributed by atoms with Crippen LogP contribution in [0.15, 0.2) is 236 Å². The Morgan fingerprint density at radius 1 is 0.419 bits per heavy atom. The van der Waals surface area contributed by atoms with E-state index >= 15 is 0 Å². The minimum absolute atomic E-state index is 0.129. The topological polar surface area (TPSA) is 41.4 Å². The van der Waals surface area contributed by atoms with Crippen molar-refractivity contribution in [2.24, 2.45) is 4.99 Å². The first-order valence-electron chi connectivity index (χ1n) is 21.4. The molecule has 0 saturated carbocycles. The van der Waals surface area contributed by atoms with Crippen molar-refractivity contribution >= 4 is 27.6 Å². The Kier molecular flexibility index (Phi) is 8.58. The summed E-state index contributed by atoms with van der Waals surface area (Å²) in [6.07, 6.45) is -0.352. The van der Waals surface area contributed by atoms with Crippen LogP contribution in [0, 0.1) is 0 Å². The number of fused-ring (bicyclic) bond motifs is 6. The van der Waals surface area contributed by atoms with Crippen LogP contribution in [0.5, 0.6) is 0 Å². The fraction of sp³-hybridized carbons (Fsp3) is 0.0517. The second-order valence-electron chi connectivity index (χ2n) is 16.4. The minimum Gasteiger partial charge on any atom is -0.350 e. The van der Waals surface area contributed by atoms with Crippen LogP contribution in [0.1, 0.15) is 51.3 Å². The van der Waals surface area contributed by atoms with E-state index < -0.39 is 5.41 Å². The summed E-state index contributed by atoms with van der Waals surface area (Å²) in [5, 5.41) is 9.98. The van der Waals surface area contributed by atoms with E-state index in [4.69, 9.17) is 4.99 Å². The minimum atomic E-state index is -0.520. The van der Waals surface area contributed by atoms with Gasteiger partial charge in [0.25, 0.3) is 0 Å². The van der Waals surface area contributed by atoms with Crippen molar-refractivity contribution in [2.75, 3.05) is 0 Å². The van der Waals surface area contributed by atoms with E-state index in [1.807, 2.05) is 0 Å². The van der Waals surface area contributed by atoms with Gasteiger partial charge in [0, 0.05) is 22.0 Å². The van der Waals surface area contributed by atoms with Gasteiger partial charge in [0.15, 0.2) is 0 Å². The fourth-order valence-corrected chi connectivity index (χ4v) is 10.2. The van der Waals surface area contributed by atoms with Gasteiger partial charge in [-0.05, 0) is 92.0 Å². The van der Waals surface area contributed by atoms with Crippen LogP contribution < -0.4 is 10.6 Å². The Morgan fingerprint density at radius 3 is 1.73 bits per heavy atom. The molecule has 2 aliphatic rings. The number of nitrogens with one attached hydrogen (secondary N) is 2. The summed E-state index contributed by atoms with van der Waals surface area (Å²) >= 11 is 0. The van der Waals surface area contributed by atoms with Crippen LogP contribution in [0.2, 0.25) is 0 Å². The molecule has 1 aliphatic carbocycles. The van der Waals surface area contributed by atoms with E-state index in [1.54, 1.807) is 0 Å². The van der Waals surface area contributed by atoms with Crippen LogP contribution in [0.25, 0.3) is 49.7 Å². The highest BCUT2D eigenvalue weighted by molar-refractivity contribution is 6.13. The molecule has 0 radical (unpaired) electrons. The lowest BCUT2D eigenvalue weighted by Gasteiger charge is -2.34. The zero-order chi connectivity index (χ0) is 41.0. The van der Waals surface area contributed by atoms with Gasteiger partial charge in [-0.3, -0.25) is 5.32 Å². The lowest BCUT2D eigenvalue weighted by molar-refractivity contribution is 0.409. The summed E-state index contributed by atoms with van der Waals surface area (Å²) in [4.78, 5) is 5.33. The Morgan fingerprint density at radius 2 is 1.02 bits per heavy atom. The Hall–Kier alpha value is -7.79.